The van der Waals surface area contributed by atoms with Crippen LogP contribution in [0, 0.1) is 19.8 Å². The van der Waals surface area contributed by atoms with Gasteiger partial charge in [0, 0.05) is 18.8 Å². The minimum atomic E-state index is 0.388. The van der Waals surface area contributed by atoms with Crippen molar-refractivity contribution in [2.45, 2.75) is 53.0 Å². The van der Waals surface area contributed by atoms with E-state index >= 15 is 0 Å². The minimum absolute atomic E-state index is 0.388. The summed E-state index contributed by atoms with van der Waals surface area (Å²) < 4.78 is 1.96. The molecule has 4 nitrogen and oxygen atoms in total. The molecule has 4 heteroatoms. The molecule has 0 aliphatic heterocycles. The van der Waals surface area contributed by atoms with E-state index in [0.29, 0.717) is 12.0 Å². The van der Waals surface area contributed by atoms with E-state index in [1.165, 1.54) is 11.3 Å². The van der Waals surface area contributed by atoms with Crippen molar-refractivity contribution in [3.63, 3.8) is 0 Å². The van der Waals surface area contributed by atoms with Crippen LogP contribution in [0.2, 0.25) is 0 Å². The quantitative estimate of drug-likeness (QED) is 0.587. The summed E-state index contributed by atoms with van der Waals surface area (Å²) in [5.74, 6) is 6.23. The van der Waals surface area contributed by atoms with Crippen molar-refractivity contribution in [3.05, 3.63) is 17.0 Å². The normalized spacial score (nSPS) is 14.9. The summed E-state index contributed by atoms with van der Waals surface area (Å²) in [5, 5.41) is 4.44. The van der Waals surface area contributed by atoms with Crippen LogP contribution in [0.4, 0.5) is 0 Å². The number of rotatable bonds is 6. The number of hydrazine groups is 1. The largest absolute Gasteiger partial charge is 0.272 e. The molecular weight excluding hydrogens is 212 g/mol. The summed E-state index contributed by atoms with van der Waals surface area (Å²) in [5.41, 5.74) is 6.72. The first-order valence-electron chi connectivity index (χ1n) is 6.46. The number of hydrogen-bond donors (Lipinski definition) is 2. The van der Waals surface area contributed by atoms with Gasteiger partial charge in [-0.2, -0.15) is 5.10 Å². The van der Waals surface area contributed by atoms with Crippen LogP contribution in [0.3, 0.4) is 0 Å². The van der Waals surface area contributed by atoms with Gasteiger partial charge < -0.3 is 0 Å². The lowest BCUT2D eigenvalue weighted by atomic mass is 9.93. The van der Waals surface area contributed by atoms with Crippen LogP contribution in [0.5, 0.6) is 0 Å². The average molecular weight is 238 g/mol. The van der Waals surface area contributed by atoms with Crippen molar-refractivity contribution in [2.24, 2.45) is 18.8 Å². The van der Waals surface area contributed by atoms with E-state index < -0.39 is 0 Å². The Balaban J connectivity index is 2.66. The fourth-order valence-corrected chi connectivity index (χ4v) is 2.30. The van der Waals surface area contributed by atoms with Gasteiger partial charge in [0.05, 0.1) is 5.69 Å². The Labute approximate surface area is 105 Å². The van der Waals surface area contributed by atoms with Crippen molar-refractivity contribution < 1.29 is 0 Å². The lowest BCUT2D eigenvalue weighted by molar-refractivity contribution is 0.353. The average Bonchev–Trinajstić information content (AvgIpc) is 2.55. The molecule has 0 amide bonds. The van der Waals surface area contributed by atoms with E-state index in [1.807, 2.05) is 11.7 Å². The fraction of sp³-hybridized carbons (Fsp3) is 0.769. The van der Waals surface area contributed by atoms with Gasteiger partial charge in [0.1, 0.15) is 0 Å². The first kappa shape index (κ1) is 14.2. The maximum Gasteiger partial charge on any atom is 0.0628 e. The summed E-state index contributed by atoms with van der Waals surface area (Å²) in [6.45, 7) is 8.66. The van der Waals surface area contributed by atoms with E-state index in [1.54, 1.807) is 0 Å². The maximum absolute atomic E-state index is 5.62. The molecule has 1 heterocycles. The highest BCUT2D eigenvalue weighted by molar-refractivity contribution is 5.24. The van der Waals surface area contributed by atoms with Gasteiger partial charge in [-0.05, 0) is 38.2 Å². The van der Waals surface area contributed by atoms with Crippen LogP contribution in [0.25, 0.3) is 0 Å². The van der Waals surface area contributed by atoms with E-state index in [-0.39, 0.29) is 0 Å². The van der Waals surface area contributed by atoms with Crippen LogP contribution in [0.1, 0.15) is 43.6 Å². The molecule has 0 radical (unpaired) electrons. The van der Waals surface area contributed by atoms with Gasteiger partial charge >= 0.3 is 0 Å². The lowest BCUT2D eigenvalue weighted by Crippen LogP contribution is -2.40. The smallest absolute Gasteiger partial charge is 0.0628 e. The molecule has 98 valence electrons. The predicted octanol–water partition coefficient (Wildman–Crippen LogP) is 1.85. The van der Waals surface area contributed by atoms with Crippen molar-refractivity contribution >= 4 is 0 Å². The van der Waals surface area contributed by atoms with Crippen LogP contribution >= 0.6 is 0 Å². The molecule has 0 spiro atoms. The van der Waals surface area contributed by atoms with Crippen LogP contribution in [-0.4, -0.2) is 15.8 Å². The number of nitrogens with two attached hydrogens (primary N) is 1. The number of nitrogens with one attached hydrogen (secondary N) is 1. The topological polar surface area (TPSA) is 55.9 Å². The molecule has 0 saturated heterocycles. The summed E-state index contributed by atoms with van der Waals surface area (Å²) >= 11 is 0. The second-order valence-electron chi connectivity index (χ2n) is 4.97. The van der Waals surface area contributed by atoms with Gasteiger partial charge in [0.2, 0.25) is 0 Å². The van der Waals surface area contributed by atoms with Gasteiger partial charge in [-0.1, -0.05) is 20.3 Å². The molecule has 0 aliphatic rings. The third kappa shape index (κ3) is 3.30. The number of aryl methyl sites for hydroxylation is 2. The monoisotopic (exact) mass is 238 g/mol. The number of aromatic nitrogens is 2. The predicted molar refractivity (Wildman–Crippen MR) is 71.6 cm³/mol. The Morgan fingerprint density at radius 2 is 2.06 bits per heavy atom. The molecular formula is C13H26N4. The molecule has 0 aromatic carbocycles. The fourth-order valence-electron chi connectivity index (χ4n) is 2.30. The number of hydrogen-bond acceptors (Lipinski definition) is 3. The van der Waals surface area contributed by atoms with Crippen LogP contribution < -0.4 is 11.3 Å². The molecule has 0 bridgehead atoms. The Kier molecular flexibility index (Phi) is 5.15. The van der Waals surface area contributed by atoms with E-state index in [9.17, 15) is 0 Å². The first-order chi connectivity index (χ1) is 8.01. The van der Waals surface area contributed by atoms with E-state index in [0.717, 1.165) is 25.0 Å². The van der Waals surface area contributed by atoms with E-state index in [4.69, 9.17) is 5.84 Å². The van der Waals surface area contributed by atoms with Crippen molar-refractivity contribution in [3.8, 4) is 0 Å². The Morgan fingerprint density at radius 3 is 2.47 bits per heavy atom. The van der Waals surface area contributed by atoms with Crippen LogP contribution in [0.15, 0.2) is 0 Å². The Morgan fingerprint density at radius 1 is 1.41 bits per heavy atom. The highest BCUT2D eigenvalue weighted by Gasteiger charge is 2.16. The SMILES string of the molecule is CCC(C)C(CCc1c(C)nn(C)c1C)NN. The van der Waals surface area contributed by atoms with Crippen molar-refractivity contribution in [1.29, 1.82) is 0 Å². The lowest BCUT2D eigenvalue weighted by Gasteiger charge is -2.22. The number of nitrogens with zero attached hydrogens (tertiary/aromatic N) is 2. The molecule has 0 fully saturated rings. The molecule has 2 unspecified atom stereocenters. The van der Waals surface area contributed by atoms with Crippen molar-refractivity contribution in [2.75, 3.05) is 0 Å². The van der Waals surface area contributed by atoms with Crippen LogP contribution in [-0.2, 0) is 13.5 Å². The third-order valence-electron chi connectivity index (χ3n) is 3.91. The molecule has 1 rings (SSSR count). The highest BCUT2D eigenvalue weighted by Crippen LogP contribution is 2.18. The standard InChI is InChI=1S/C13H26N4/c1-6-9(2)13(15-14)8-7-12-10(3)16-17(5)11(12)4/h9,13,15H,6-8,14H2,1-5H3. The Hall–Kier alpha value is -0.870. The summed E-state index contributed by atoms with van der Waals surface area (Å²) in [7, 11) is 2.00. The molecule has 0 aliphatic carbocycles. The second-order valence-corrected chi connectivity index (χ2v) is 4.97. The zero-order chi connectivity index (χ0) is 13.0. The molecule has 1 aromatic heterocycles. The summed E-state index contributed by atoms with van der Waals surface area (Å²) in [6.07, 6.45) is 3.27. The molecule has 2 atom stereocenters. The summed E-state index contributed by atoms with van der Waals surface area (Å²) in [6, 6.07) is 0.388. The van der Waals surface area contributed by atoms with Crippen molar-refractivity contribution in [1.82, 2.24) is 15.2 Å². The Bertz CT molecular complexity index is 357. The van der Waals surface area contributed by atoms with Gasteiger partial charge in [0.25, 0.3) is 0 Å². The maximum atomic E-state index is 5.62. The zero-order valence-electron chi connectivity index (χ0n) is 11.7. The van der Waals surface area contributed by atoms with E-state index in [2.05, 4.69) is 38.2 Å². The van der Waals surface area contributed by atoms with Gasteiger partial charge in [-0.3, -0.25) is 16.0 Å². The first-order valence-corrected chi connectivity index (χ1v) is 6.46. The molecule has 17 heavy (non-hydrogen) atoms. The van der Waals surface area contributed by atoms with Gasteiger partial charge in [0.15, 0.2) is 0 Å². The molecule has 3 N–H and O–H groups in total. The molecule has 1 aromatic rings. The summed E-state index contributed by atoms with van der Waals surface area (Å²) in [4.78, 5) is 0. The second kappa shape index (κ2) is 6.17. The third-order valence-corrected chi connectivity index (χ3v) is 3.91. The van der Waals surface area contributed by atoms with Gasteiger partial charge in [-0.25, -0.2) is 0 Å². The van der Waals surface area contributed by atoms with Gasteiger partial charge in [-0.15, -0.1) is 0 Å². The molecule has 0 saturated carbocycles. The minimum Gasteiger partial charge on any atom is -0.272 e. The zero-order valence-corrected chi connectivity index (χ0v) is 11.7. The highest BCUT2D eigenvalue weighted by atomic mass is 15.3.